The van der Waals surface area contributed by atoms with Crippen LogP contribution in [0.25, 0.3) is 6.08 Å². The molecular formula is C11H11NO. The maximum Gasteiger partial charge on any atom is 0.244 e. The fourth-order valence-electron chi connectivity index (χ4n) is 1.63. The Morgan fingerprint density at radius 1 is 1.23 bits per heavy atom. The predicted octanol–water partition coefficient (Wildman–Crippen LogP) is 1.50. The number of rotatable bonds is 1. The minimum atomic E-state index is -0.297. The van der Waals surface area contributed by atoms with Crippen LogP contribution >= 0.6 is 0 Å². The van der Waals surface area contributed by atoms with Crippen molar-refractivity contribution in [1.82, 2.24) is 0 Å². The standard InChI is InChI=1S/C11H11NO/c12-11(13)10-6-5-8-3-1-2-4-9(8)7-10/h1-4,7H,5-6H2,(H2,12,13). The van der Waals surface area contributed by atoms with E-state index < -0.39 is 0 Å². The van der Waals surface area contributed by atoms with Gasteiger partial charge in [0.1, 0.15) is 0 Å². The van der Waals surface area contributed by atoms with Gasteiger partial charge in [0, 0.05) is 5.57 Å². The molecule has 2 N–H and O–H groups in total. The molecule has 2 rings (SSSR count). The maximum atomic E-state index is 10.9. The Balaban J connectivity index is 2.44. The van der Waals surface area contributed by atoms with Crippen molar-refractivity contribution in [3.63, 3.8) is 0 Å². The molecule has 1 aromatic carbocycles. The molecule has 0 unspecified atom stereocenters. The zero-order chi connectivity index (χ0) is 9.26. The summed E-state index contributed by atoms with van der Waals surface area (Å²) < 4.78 is 0. The summed E-state index contributed by atoms with van der Waals surface area (Å²) in [5.41, 5.74) is 8.38. The van der Waals surface area contributed by atoms with E-state index in [9.17, 15) is 4.79 Å². The van der Waals surface area contributed by atoms with E-state index >= 15 is 0 Å². The molecule has 0 atom stereocenters. The van der Waals surface area contributed by atoms with E-state index in [1.165, 1.54) is 5.56 Å². The van der Waals surface area contributed by atoms with E-state index in [2.05, 4.69) is 6.07 Å². The minimum absolute atomic E-state index is 0.297. The van der Waals surface area contributed by atoms with Crippen molar-refractivity contribution in [3.8, 4) is 0 Å². The van der Waals surface area contributed by atoms with Gasteiger partial charge in [-0.25, -0.2) is 0 Å². The van der Waals surface area contributed by atoms with Crippen LogP contribution in [0.5, 0.6) is 0 Å². The van der Waals surface area contributed by atoms with Gasteiger partial charge in [0.05, 0.1) is 0 Å². The van der Waals surface area contributed by atoms with Gasteiger partial charge >= 0.3 is 0 Å². The normalized spacial score (nSPS) is 14.6. The molecule has 0 saturated heterocycles. The summed E-state index contributed by atoms with van der Waals surface area (Å²) in [7, 11) is 0. The van der Waals surface area contributed by atoms with E-state index in [4.69, 9.17) is 5.73 Å². The van der Waals surface area contributed by atoms with E-state index in [0.717, 1.165) is 24.0 Å². The molecule has 2 heteroatoms. The van der Waals surface area contributed by atoms with Crippen LogP contribution in [0.15, 0.2) is 29.8 Å². The molecule has 0 spiro atoms. The minimum Gasteiger partial charge on any atom is -0.366 e. The number of hydrogen-bond acceptors (Lipinski definition) is 1. The highest BCUT2D eigenvalue weighted by atomic mass is 16.1. The molecule has 1 aliphatic carbocycles. The van der Waals surface area contributed by atoms with Gasteiger partial charge < -0.3 is 5.73 Å². The van der Waals surface area contributed by atoms with Gasteiger partial charge in [-0.1, -0.05) is 24.3 Å². The fraction of sp³-hybridized carbons (Fsp3) is 0.182. The molecule has 1 amide bonds. The van der Waals surface area contributed by atoms with Crippen LogP contribution in [-0.4, -0.2) is 5.91 Å². The molecule has 0 saturated carbocycles. The lowest BCUT2D eigenvalue weighted by molar-refractivity contribution is -0.114. The smallest absolute Gasteiger partial charge is 0.244 e. The third-order valence-electron chi connectivity index (χ3n) is 2.36. The van der Waals surface area contributed by atoms with Gasteiger partial charge in [-0.05, 0) is 30.0 Å². The zero-order valence-electron chi connectivity index (χ0n) is 7.29. The second kappa shape index (κ2) is 3.05. The van der Waals surface area contributed by atoms with Crippen molar-refractivity contribution in [3.05, 3.63) is 41.0 Å². The first kappa shape index (κ1) is 8.05. The van der Waals surface area contributed by atoms with Crippen LogP contribution in [0.2, 0.25) is 0 Å². The Morgan fingerprint density at radius 2 is 2.00 bits per heavy atom. The number of aryl methyl sites for hydroxylation is 1. The van der Waals surface area contributed by atoms with Crippen LogP contribution in [-0.2, 0) is 11.2 Å². The molecule has 1 aromatic rings. The molecule has 2 nitrogen and oxygen atoms in total. The molecule has 0 fully saturated rings. The molecule has 0 bridgehead atoms. The average Bonchev–Trinajstić information content (AvgIpc) is 2.17. The number of primary amides is 1. The van der Waals surface area contributed by atoms with Gasteiger partial charge in [0.15, 0.2) is 0 Å². The van der Waals surface area contributed by atoms with Gasteiger partial charge in [-0.2, -0.15) is 0 Å². The van der Waals surface area contributed by atoms with E-state index in [-0.39, 0.29) is 5.91 Å². The van der Waals surface area contributed by atoms with Crippen molar-refractivity contribution in [2.75, 3.05) is 0 Å². The number of nitrogens with two attached hydrogens (primary N) is 1. The number of benzene rings is 1. The Labute approximate surface area is 77.1 Å². The average molecular weight is 173 g/mol. The SMILES string of the molecule is NC(=O)C1=Cc2ccccc2CC1. The maximum absolute atomic E-state index is 10.9. The third kappa shape index (κ3) is 1.47. The van der Waals surface area contributed by atoms with Gasteiger partial charge in [0.25, 0.3) is 0 Å². The summed E-state index contributed by atoms with van der Waals surface area (Å²) in [5.74, 6) is -0.297. The highest BCUT2D eigenvalue weighted by Gasteiger charge is 2.12. The zero-order valence-corrected chi connectivity index (χ0v) is 7.29. The highest BCUT2D eigenvalue weighted by molar-refractivity contribution is 5.97. The fourth-order valence-corrected chi connectivity index (χ4v) is 1.63. The Kier molecular flexibility index (Phi) is 1.89. The van der Waals surface area contributed by atoms with E-state index in [1.54, 1.807) is 0 Å². The van der Waals surface area contributed by atoms with Crippen LogP contribution in [0.3, 0.4) is 0 Å². The summed E-state index contributed by atoms with van der Waals surface area (Å²) in [5, 5.41) is 0. The number of fused-ring (bicyclic) bond motifs is 1. The van der Waals surface area contributed by atoms with E-state index in [1.807, 2.05) is 24.3 Å². The summed E-state index contributed by atoms with van der Waals surface area (Å²) in [6.07, 6.45) is 3.58. The first-order chi connectivity index (χ1) is 6.27. The monoisotopic (exact) mass is 173 g/mol. The molecular weight excluding hydrogens is 162 g/mol. The summed E-state index contributed by atoms with van der Waals surface area (Å²) in [6, 6.07) is 8.09. The Bertz CT molecular complexity index is 379. The Hall–Kier alpha value is -1.57. The van der Waals surface area contributed by atoms with Crippen LogP contribution < -0.4 is 5.73 Å². The third-order valence-corrected chi connectivity index (χ3v) is 2.36. The van der Waals surface area contributed by atoms with Crippen molar-refractivity contribution >= 4 is 12.0 Å². The number of hydrogen-bond donors (Lipinski definition) is 1. The lowest BCUT2D eigenvalue weighted by Gasteiger charge is -2.13. The van der Waals surface area contributed by atoms with Gasteiger partial charge in [0.2, 0.25) is 5.91 Å². The van der Waals surface area contributed by atoms with Crippen molar-refractivity contribution in [1.29, 1.82) is 0 Å². The topological polar surface area (TPSA) is 43.1 Å². The van der Waals surface area contributed by atoms with Crippen LogP contribution in [0, 0.1) is 0 Å². The predicted molar refractivity (Wildman–Crippen MR) is 51.9 cm³/mol. The molecule has 0 aromatic heterocycles. The molecule has 0 heterocycles. The lowest BCUT2D eigenvalue weighted by Crippen LogP contribution is -2.16. The molecule has 13 heavy (non-hydrogen) atoms. The molecule has 0 radical (unpaired) electrons. The number of amides is 1. The summed E-state index contributed by atoms with van der Waals surface area (Å²) >= 11 is 0. The molecule has 0 aliphatic heterocycles. The highest BCUT2D eigenvalue weighted by Crippen LogP contribution is 2.22. The number of carbonyl (C=O) groups is 1. The van der Waals surface area contributed by atoms with Crippen molar-refractivity contribution < 1.29 is 4.79 Å². The van der Waals surface area contributed by atoms with Crippen molar-refractivity contribution in [2.24, 2.45) is 5.73 Å². The Morgan fingerprint density at radius 3 is 2.77 bits per heavy atom. The first-order valence-corrected chi connectivity index (χ1v) is 4.35. The lowest BCUT2D eigenvalue weighted by atomic mass is 9.92. The van der Waals surface area contributed by atoms with Crippen LogP contribution in [0.1, 0.15) is 17.5 Å². The largest absolute Gasteiger partial charge is 0.366 e. The quantitative estimate of drug-likeness (QED) is 0.687. The second-order valence-corrected chi connectivity index (χ2v) is 3.23. The first-order valence-electron chi connectivity index (χ1n) is 4.35. The summed E-state index contributed by atoms with van der Waals surface area (Å²) in [4.78, 5) is 10.9. The molecule has 1 aliphatic rings. The van der Waals surface area contributed by atoms with Crippen LogP contribution in [0.4, 0.5) is 0 Å². The van der Waals surface area contributed by atoms with E-state index in [0.29, 0.717) is 0 Å². The molecule has 66 valence electrons. The summed E-state index contributed by atoms with van der Waals surface area (Å²) in [6.45, 7) is 0. The van der Waals surface area contributed by atoms with Gasteiger partial charge in [-0.15, -0.1) is 0 Å². The number of carbonyl (C=O) groups excluding carboxylic acids is 1. The van der Waals surface area contributed by atoms with Gasteiger partial charge in [-0.3, -0.25) is 4.79 Å². The second-order valence-electron chi connectivity index (χ2n) is 3.23. The van der Waals surface area contributed by atoms with Crippen molar-refractivity contribution in [2.45, 2.75) is 12.8 Å².